The molecule has 0 aliphatic heterocycles. The Bertz CT molecular complexity index is 331. The van der Waals surface area contributed by atoms with E-state index in [0.717, 1.165) is 0 Å². The first-order valence-corrected chi connectivity index (χ1v) is 5.16. The van der Waals surface area contributed by atoms with Crippen LogP contribution in [-0.4, -0.2) is 32.1 Å². The highest BCUT2D eigenvalue weighted by Gasteiger charge is 2.22. The molecular weight excluding hydrogens is 172 g/mol. The first kappa shape index (κ1) is 9.53. The number of fused-ring (bicyclic) bond motifs is 1. The van der Waals surface area contributed by atoms with E-state index < -0.39 is 0 Å². The molecule has 0 bridgehead atoms. The summed E-state index contributed by atoms with van der Waals surface area (Å²) in [6.45, 7) is 0. The molecule has 1 aromatic carbocycles. The number of hydrogen-bond donors (Lipinski definition) is 1. The Kier molecular flexibility index (Phi) is 2.46. The van der Waals surface area contributed by atoms with Crippen LogP contribution in [0.15, 0.2) is 18.2 Å². The Balaban J connectivity index is 2.22. The van der Waals surface area contributed by atoms with Gasteiger partial charge in [0, 0.05) is 18.8 Å². The fraction of sp³-hybridized carbons (Fsp3) is 0.500. The Morgan fingerprint density at radius 2 is 1.93 bits per heavy atom. The zero-order valence-corrected chi connectivity index (χ0v) is 9.17. The maximum Gasteiger partial charge on any atom is 0.0340 e. The molecule has 1 unspecified atom stereocenters. The smallest absolute Gasteiger partial charge is 0.0340 e. The molecule has 76 valence electrons. The molecule has 2 rings (SSSR count). The van der Waals surface area contributed by atoms with Crippen LogP contribution in [-0.2, 0) is 12.8 Å². The van der Waals surface area contributed by atoms with Gasteiger partial charge in [-0.05, 0) is 50.2 Å². The Morgan fingerprint density at radius 3 is 2.57 bits per heavy atom. The molecule has 2 heteroatoms. The van der Waals surface area contributed by atoms with Crippen LogP contribution in [0.25, 0.3) is 0 Å². The van der Waals surface area contributed by atoms with Gasteiger partial charge < -0.3 is 10.2 Å². The number of rotatable bonds is 2. The molecule has 0 spiro atoms. The van der Waals surface area contributed by atoms with Gasteiger partial charge in [-0.25, -0.2) is 0 Å². The molecule has 0 heterocycles. The zero-order valence-electron chi connectivity index (χ0n) is 9.17. The minimum absolute atomic E-state index is 0.692. The van der Waals surface area contributed by atoms with E-state index in [1.807, 2.05) is 7.05 Å². The molecule has 2 nitrogen and oxygen atoms in total. The van der Waals surface area contributed by atoms with Gasteiger partial charge in [0.25, 0.3) is 0 Å². The standard InChI is InChI=1S/C12H18N2/c1-13-11-5-4-9-7-12(14(2)3)8-10(9)6-11/h4-6,12-13H,7-8H2,1-3H3. The van der Waals surface area contributed by atoms with Gasteiger partial charge in [-0.2, -0.15) is 0 Å². The topological polar surface area (TPSA) is 15.3 Å². The number of likely N-dealkylation sites (N-methyl/N-ethyl adjacent to an activating group) is 1. The van der Waals surface area contributed by atoms with Gasteiger partial charge in [0.15, 0.2) is 0 Å². The lowest BCUT2D eigenvalue weighted by Gasteiger charge is -2.17. The summed E-state index contributed by atoms with van der Waals surface area (Å²) in [5.74, 6) is 0. The highest BCUT2D eigenvalue weighted by atomic mass is 15.1. The maximum absolute atomic E-state index is 3.19. The van der Waals surface area contributed by atoms with Gasteiger partial charge in [-0.3, -0.25) is 0 Å². The van der Waals surface area contributed by atoms with E-state index in [4.69, 9.17) is 0 Å². The summed E-state index contributed by atoms with van der Waals surface area (Å²) in [5.41, 5.74) is 4.25. The average Bonchev–Trinajstić information content (AvgIpc) is 2.59. The van der Waals surface area contributed by atoms with Crippen molar-refractivity contribution >= 4 is 5.69 Å². The van der Waals surface area contributed by atoms with E-state index in [2.05, 4.69) is 42.5 Å². The summed E-state index contributed by atoms with van der Waals surface area (Å²) in [6, 6.07) is 7.39. The van der Waals surface area contributed by atoms with Crippen molar-refractivity contribution in [3.63, 3.8) is 0 Å². The van der Waals surface area contributed by atoms with Crippen molar-refractivity contribution in [1.82, 2.24) is 4.90 Å². The van der Waals surface area contributed by atoms with Gasteiger partial charge in [0.1, 0.15) is 0 Å². The van der Waals surface area contributed by atoms with Crippen molar-refractivity contribution in [2.24, 2.45) is 0 Å². The van der Waals surface area contributed by atoms with E-state index in [1.165, 1.54) is 29.7 Å². The normalized spacial score (nSPS) is 19.9. The van der Waals surface area contributed by atoms with Gasteiger partial charge >= 0.3 is 0 Å². The number of anilines is 1. The van der Waals surface area contributed by atoms with Crippen LogP contribution in [0.4, 0.5) is 5.69 Å². The molecule has 1 aliphatic rings. The molecule has 1 aliphatic carbocycles. The quantitative estimate of drug-likeness (QED) is 0.764. The Labute approximate surface area is 85.9 Å². The lowest BCUT2D eigenvalue weighted by molar-refractivity contribution is 0.303. The number of nitrogens with zero attached hydrogens (tertiary/aromatic N) is 1. The van der Waals surface area contributed by atoms with Gasteiger partial charge in [-0.1, -0.05) is 6.07 Å². The van der Waals surface area contributed by atoms with Crippen molar-refractivity contribution < 1.29 is 0 Å². The molecule has 1 N–H and O–H groups in total. The van der Waals surface area contributed by atoms with Crippen LogP contribution in [0.3, 0.4) is 0 Å². The first-order valence-electron chi connectivity index (χ1n) is 5.16. The number of nitrogens with one attached hydrogen (secondary N) is 1. The van der Waals surface area contributed by atoms with Crippen LogP contribution in [0, 0.1) is 0 Å². The second-order valence-electron chi connectivity index (χ2n) is 4.26. The average molecular weight is 190 g/mol. The van der Waals surface area contributed by atoms with Crippen molar-refractivity contribution in [3.8, 4) is 0 Å². The second kappa shape index (κ2) is 3.62. The first-order chi connectivity index (χ1) is 6.70. The molecule has 14 heavy (non-hydrogen) atoms. The Hall–Kier alpha value is -1.02. The molecule has 0 saturated carbocycles. The molecule has 0 amide bonds. The summed E-state index contributed by atoms with van der Waals surface area (Å²) in [4.78, 5) is 2.32. The van der Waals surface area contributed by atoms with Gasteiger partial charge in [-0.15, -0.1) is 0 Å². The third-order valence-electron chi connectivity index (χ3n) is 3.14. The second-order valence-corrected chi connectivity index (χ2v) is 4.26. The van der Waals surface area contributed by atoms with E-state index in [1.54, 1.807) is 0 Å². The van der Waals surface area contributed by atoms with E-state index in [-0.39, 0.29) is 0 Å². The SMILES string of the molecule is CNc1ccc2c(c1)CC(N(C)C)C2. The van der Waals surface area contributed by atoms with E-state index >= 15 is 0 Å². The lowest BCUT2D eigenvalue weighted by atomic mass is 10.1. The summed E-state index contributed by atoms with van der Waals surface area (Å²) in [6.07, 6.45) is 2.39. The summed E-state index contributed by atoms with van der Waals surface area (Å²) in [7, 11) is 6.30. The summed E-state index contributed by atoms with van der Waals surface area (Å²) < 4.78 is 0. The zero-order chi connectivity index (χ0) is 10.1. The fourth-order valence-electron chi connectivity index (χ4n) is 2.12. The number of hydrogen-bond acceptors (Lipinski definition) is 2. The lowest BCUT2D eigenvalue weighted by Crippen LogP contribution is -2.27. The molecular formula is C12H18N2. The van der Waals surface area contributed by atoms with Crippen molar-refractivity contribution in [1.29, 1.82) is 0 Å². The van der Waals surface area contributed by atoms with Crippen LogP contribution in [0.5, 0.6) is 0 Å². The van der Waals surface area contributed by atoms with Crippen LogP contribution in [0.2, 0.25) is 0 Å². The third-order valence-corrected chi connectivity index (χ3v) is 3.14. The van der Waals surface area contributed by atoms with Crippen LogP contribution < -0.4 is 5.32 Å². The van der Waals surface area contributed by atoms with Crippen LogP contribution in [0.1, 0.15) is 11.1 Å². The molecule has 0 radical (unpaired) electrons. The fourth-order valence-corrected chi connectivity index (χ4v) is 2.12. The number of benzene rings is 1. The minimum Gasteiger partial charge on any atom is -0.388 e. The van der Waals surface area contributed by atoms with Gasteiger partial charge in [0.2, 0.25) is 0 Å². The van der Waals surface area contributed by atoms with Crippen molar-refractivity contribution in [3.05, 3.63) is 29.3 Å². The molecule has 0 saturated heterocycles. The highest BCUT2D eigenvalue weighted by molar-refractivity contribution is 5.50. The largest absolute Gasteiger partial charge is 0.388 e. The molecule has 0 aromatic heterocycles. The van der Waals surface area contributed by atoms with Crippen LogP contribution >= 0.6 is 0 Å². The monoisotopic (exact) mass is 190 g/mol. The highest BCUT2D eigenvalue weighted by Crippen LogP contribution is 2.26. The molecule has 0 fully saturated rings. The Morgan fingerprint density at radius 1 is 1.21 bits per heavy atom. The predicted molar refractivity (Wildman–Crippen MR) is 60.9 cm³/mol. The van der Waals surface area contributed by atoms with Crippen molar-refractivity contribution in [2.45, 2.75) is 18.9 Å². The van der Waals surface area contributed by atoms with Gasteiger partial charge in [0.05, 0.1) is 0 Å². The van der Waals surface area contributed by atoms with E-state index in [9.17, 15) is 0 Å². The third kappa shape index (κ3) is 1.62. The van der Waals surface area contributed by atoms with E-state index in [0.29, 0.717) is 6.04 Å². The maximum atomic E-state index is 3.19. The molecule has 1 aromatic rings. The minimum atomic E-state index is 0.692. The molecule has 1 atom stereocenters. The van der Waals surface area contributed by atoms with Crippen molar-refractivity contribution in [2.75, 3.05) is 26.5 Å². The summed E-state index contributed by atoms with van der Waals surface area (Å²) in [5, 5.41) is 3.19. The summed E-state index contributed by atoms with van der Waals surface area (Å²) >= 11 is 0. The predicted octanol–water partition coefficient (Wildman–Crippen LogP) is 1.76.